The third kappa shape index (κ3) is 2.35. The van der Waals surface area contributed by atoms with Gasteiger partial charge in [-0.2, -0.15) is 0 Å². The average molecular weight is 264 g/mol. The quantitative estimate of drug-likeness (QED) is 0.818. The normalized spacial score (nSPS) is 10.6. The Balaban J connectivity index is 2.40. The van der Waals surface area contributed by atoms with Crippen LogP contribution in [0.2, 0.25) is 0 Å². The van der Waals surface area contributed by atoms with Gasteiger partial charge in [0.05, 0.1) is 5.52 Å². The molecule has 19 heavy (non-hydrogen) atoms. The molecule has 1 aromatic carbocycles. The second-order valence-corrected chi connectivity index (χ2v) is 4.10. The minimum absolute atomic E-state index is 0.412. The lowest BCUT2D eigenvalue weighted by molar-refractivity contribution is -0.140. The highest BCUT2D eigenvalue weighted by Crippen LogP contribution is 2.20. The highest BCUT2D eigenvalue weighted by atomic mass is 16.4. The van der Waals surface area contributed by atoms with Gasteiger partial charge >= 0.3 is 11.7 Å². The minimum atomic E-state index is -1.19. The SMILES string of the molecule is CN(C(=O)CC(=O)O)c1ccc2oc(=O)n(C)c2c1. The molecule has 0 bridgehead atoms. The molecule has 1 aromatic heterocycles. The number of hydrogen-bond acceptors (Lipinski definition) is 4. The molecule has 0 saturated carbocycles. The van der Waals surface area contributed by atoms with Crippen LogP contribution in [-0.2, 0) is 16.6 Å². The predicted molar refractivity (Wildman–Crippen MR) is 67.1 cm³/mol. The zero-order valence-corrected chi connectivity index (χ0v) is 10.4. The van der Waals surface area contributed by atoms with E-state index >= 15 is 0 Å². The minimum Gasteiger partial charge on any atom is -0.481 e. The number of aryl methyl sites for hydroxylation is 1. The number of nitrogens with zero attached hydrogens (tertiary/aromatic N) is 2. The van der Waals surface area contributed by atoms with Gasteiger partial charge in [-0.1, -0.05) is 0 Å². The van der Waals surface area contributed by atoms with E-state index in [1.54, 1.807) is 25.2 Å². The van der Waals surface area contributed by atoms with Gasteiger partial charge in [0.2, 0.25) is 5.91 Å². The van der Waals surface area contributed by atoms with Crippen molar-refractivity contribution in [1.29, 1.82) is 0 Å². The van der Waals surface area contributed by atoms with Gasteiger partial charge in [0.25, 0.3) is 0 Å². The summed E-state index contributed by atoms with van der Waals surface area (Å²) in [5, 5.41) is 8.59. The van der Waals surface area contributed by atoms with Crippen LogP contribution in [0.3, 0.4) is 0 Å². The largest absolute Gasteiger partial charge is 0.481 e. The van der Waals surface area contributed by atoms with Crippen molar-refractivity contribution in [2.24, 2.45) is 7.05 Å². The van der Waals surface area contributed by atoms with E-state index in [4.69, 9.17) is 9.52 Å². The molecule has 0 aliphatic carbocycles. The molecule has 0 aliphatic heterocycles. The maximum atomic E-state index is 11.6. The molecule has 100 valence electrons. The summed E-state index contributed by atoms with van der Waals surface area (Å²) in [5.74, 6) is -2.22. The number of hydrogen-bond donors (Lipinski definition) is 1. The second kappa shape index (κ2) is 4.60. The molecule has 0 saturated heterocycles. The number of oxazole rings is 1. The molecule has 0 atom stereocenters. The van der Waals surface area contributed by atoms with Crippen LogP contribution in [-0.4, -0.2) is 28.6 Å². The number of amides is 1. The van der Waals surface area contributed by atoms with Crippen molar-refractivity contribution in [3.63, 3.8) is 0 Å². The maximum Gasteiger partial charge on any atom is 0.419 e. The Labute approximate surface area is 107 Å². The summed E-state index contributed by atoms with van der Waals surface area (Å²) in [6, 6.07) is 4.75. The van der Waals surface area contributed by atoms with Crippen LogP contribution in [0, 0.1) is 0 Å². The molecule has 0 fully saturated rings. The molecule has 0 spiro atoms. The van der Waals surface area contributed by atoms with Crippen molar-refractivity contribution >= 4 is 28.7 Å². The van der Waals surface area contributed by atoms with E-state index in [-0.39, 0.29) is 0 Å². The Morgan fingerprint density at radius 1 is 1.42 bits per heavy atom. The Hall–Kier alpha value is -2.57. The summed E-state index contributed by atoms with van der Waals surface area (Å²) < 4.78 is 6.28. The molecular formula is C12H12N2O5. The summed E-state index contributed by atoms with van der Waals surface area (Å²) in [6.45, 7) is 0. The molecule has 1 amide bonds. The fraction of sp³-hybridized carbons (Fsp3) is 0.250. The number of anilines is 1. The Morgan fingerprint density at radius 2 is 2.11 bits per heavy atom. The fourth-order valence-corrected chi connectivity index (χ4v) is 1.72. The van der Waals surface area contributed by atoms with Crippen LogP contribution in [0.15, 0.2) is 27.4 Å². The number of aromatic nitrogens is 1. The van der Waals surface area contributed by atoms with E-state index in [0.717, 1.165) is 0 Å². The van der Waals surface area contributed by atoms with Gasteiger partial charge in [0, 0.05) is 19.8 Å². The maximum absolute atomic E-state index is 11.6. The van der Waals surface area contributed by atoms with Gasteiger partial charge in [-0.15, -0.1) is 0 Å². The number of carbonyl (C=O) groups excluding carboxylic acids is 1. The Kier molecular flexibility index (Phi) is 3.12. The molecule has 0 aliphatic rings. The van der Waals surface area contributed by atoms with E-state index in [1.165, 1.54) is 16.5 Å². The van der Waals surface area contributed by atoms with Crippen molar-refractivity contribution in [3.05, 3.63) is 28.7 Å². The molecule has 0 radical (unpaired) electrons. The lowest BCUT2D eigenvalue weighted by atomic mass is 10.2. The zero-order chi connectivity index (χ0) is 14.2. The fourth-order valence-electron chi connectivity index (χ4n) is 1.72. The van der Waals surface area contributed by atoms with E-state index in [0.29, 0.717) is 16.8 Å². The number of rotatable bonds is 3. The molecule has 1 N–H and O–H groups in total. The van der Waals surface area contributed by atoms with Crippen molar-refractivity contribution < 1.29 is 19.1 Å². The van der Waals surface area contributed by atoms with Gasteiger partial charge in [-0.25, -0.2) is 4.79 Å². The van der Waals surface area contributed by atoms with Gasteiger partial charge in [0.1, 0.15) is 6.42 Å². The third-order valence-corrected chi connectivity index (χ3v) is 2.84. The summed E-state index contributed by atoms with van der Waals surface area (Å²) in [5.41, 5.74) is 1.45. The highest BCUT2D eigenvalue weighted by molar-refractivity contribution is 6.03. The monoisotopic (exact) mass is 264 g/mol. The first-order chi connectivity index (χ1) is 8.90. The van der Waals surface area contributed by atoms with Crippen LogP contribution < -0.4 is 10.7 Å². The number of aliphatic carboxylic acids is 1. The van der Waals surface area contributed by atoms with Crippen LogP contribution in [0.25, 0.3) is 11.1 Å². The summed E-state index contributed by atoms with van der Waals surface area (Å²) in [7, 11) is 3.03. The summed E-state index contributed by atoms with van der Waals surface area (Å²) >= 11 is 0. The van der Waals surface area contributed by atoms with E-state index in [9.17, 15) is 14.4 Å². The number of fused-ring (bicyclic) bond motifs is 1. The van der Waals surface area contributed by atoms with Crippen LogP contribution in [0.4, 0.5) is 5.69 Å². The van der Waals surface area contributed by atoms with E-state index in [1.807, 2.05) is 0 Å². The molecule has 7 nitrogen and oxygen atoms in total. The number of carboxylic acids is 1. The molecule has 0 unspecified atom stereocenters. The van der Waals surface area contributed by atoms with Gasteiger partial charge in [-0.3, -0.25) is 14.2 Å². The molecule has 7 heteroatoms. The first-order valence-electron chi connectivity index (χ1n) is 5.48. The average Bonchev–Trinajstić information content (AvgIpc) is 2.63. The van der Waals surface area contributed by atoms with Crippen molar-refractivity contribution in [2.45, 2.75) is 6.42 Å². The first-order valence-corrected chi connectivity index (χ1v) is 5.48. The summed E-state index contributed by atoms with van der Waals surface area (Å²) in [4.78, 5) is 34.7. The lowest BCUT2D eigenvalue weighted by Crippen LogP contribution is -2.28. The van der Waals surface area contributed by atoms with Gasteiger partial charge in [0.15, 0.2) is 5.58 Å². The highest BCUT2D eigenvalue weighted by Gasteiger charge is 2.16. The molecular weight excluding hydrogens is 252 g/mol. The number of carbonyl (C=O) groups is 2. The van der Waals surface area contributed by atoms with Crippen molar-refractivity contribution in [1.82, 2.24) is 4.57 Å². The first kappa shape index (κ1) is 12.9. The summed E-state index contributed by atoms with van der Waals surface area (Å²) in [6.07, 6.45) is -0.584. The number of carboxylic acid groups (broad SMARTS) is 1. The van der Waals surface area contributed by atoms with E-state index < -0.39 is 24.1 Å². The van der Waals surface area contributed by atoms with E-state index in [2.05, 4.69) is 0 Å². The van der Waals surface area contributed by atoms with Crippen molar-refractivity contribution in [2.75, 3.05) is 11.9 Å². The molecule has 2 aromatic rings. The van der Waals surface area contributed by atoms with Crippen molar-refractivity contribution in [3.8, 4) is 0 Å². The van der Waals surface area contributed by atoms with Gasteiger partial charge in [-0.05, 0) is 18.2 Å². The topological polar surface area (TPSA) is 92.8 Å². The second-order valence-electron chi connectivity index (χ2n) is 4.10. The predicted octanol–water partition coefficient (Wildman–Crippen LogP) is 0.569. The van der Waals surface area contributed by atoms with Crippen LogP contribution in [0.1, 0.15) is 6.42 Å². The standard InChI is InChI=1S/C12H12N2O5/c1-13(10(15)6-11(16)17)7-3-4-9-8(5-7)14(2)12(18)19-9/h3-5H,6H2,1-2H3,(H,16,17). The number of benzene rings is 1. The van der Waals surface area contributed by atoms with Crippen LogP contribution >= 0.6 is 0 Å². The zero-order valence-electron chi connectivity index (χ0n) is 10.4. The van der Waals surface area contributed by atoms with Crippen LogP contribution in [0.5, 0.6) is 0 Å². The Bertz CT molecular complexity index is 712. The lowest BCUT2D eigenvalue weighted by Gasteiger charge is -2.16. The third-order valence-electron chi connectivity index (χ3n) is 2.84. The van der Waals surface area contributed by atoms with Gasteiger partial charge < -0.3 is 14.4 Å². The molecule has 1 heterocycles. The Morgan fingerprint density at radius 3 is 2.74 bits per heavy atom. The molecule has 2 rings (SSSR count). The smallest absolute Gasteiger partial charge is 0.419 e.